The van der Waals surface area contributed by atoms with Crippen molar-refractivity contribution in [2.45, 2.75) is 50.1 Å². The maximum absolute atomic E-state index is 12.2. The molecule has 0 unspecified atom stereocenters. The minimum absolute atomic E-state index is 0.0889. The third kappa shape index (κ3) is 3.73. The molecule has 2 heterocycles. The monoisotopic (exact) mass is 390 g/mol. The molecule has 1 aliphatic carbocycles. The fourth-order valence-electron chi connectivity index (χ4n) is 5.06. The van der Waals surface area contributed by atoms with E-state index in [0.29, 0.717) is 13.1 Å². The van der Waals surface area contributed by atoms with E-state index in [9.17, 15) is 13.5 Å². The Kier molecular flexibility index (Phi) is 5.43. The van der Waals surface area contributed by atoms with E-state index in [-0.39, 0.29) is 24.6 Å². The first-order chi connectivity index (χ1) is 13.0. The number of hydrogen-bond acceptors (Lipinski definition) is 4. The van der Waals surface area contributed by atoms with E-state index in [0.717, 1.165) is 25.8 Å². The van der Waals surface area contributed by atoms with Crippen molar-refractivity contribution < 1.29 is 13.5 Å². The molecule has 2 aliphatic heterocycles. The Morgan fingerprint density at radius 1 is 1.11 bits per heavy atom. The Bertz CT molecular complexity index is 803. The third-order valence-electron chi connectivity index (χ3n) is 6.51. The van der Waals surface area contributed by atoms with Gasteiger partial charge in [-0.3, -0.25) is 4.90 Å². The number of nitrogens with zero attached hydrogens (tertiary/aromatic N) is 2. The number of aliphatic hydroxyl groups excluding tert-OH is 1. The highest BCUT2D eigenvalue weighted by atomic mass is 32.2. The van der Waals surface area contributed by atoms with Gasteiger partial charge in [-0.15, -0.1) is 0 Å². The van der Waals surface area contributed by atoms with Gasteiger partial charge in [0, 0.05) is 31.1 Å². The first kappa shape index (κ1) is 19.1. The van der Waals surface area contributed by atoms with E-state index in [1.165, 1.54) is 35.8 Å². The predicted molar refractivity (Wildman–Crippen MR) is 108 cm³/mol. The van der Waals surface area contributed by atoms with Crippen LogP contribution in [-0.4, -0.2) is 67.3 Å². The molecule has 3 atom stereocenters. The second-order valence-electron chi connectivity index (χ2n) is 8.15. The lowest BCUT2D eigenvalue weighted by Gasteiger charge is -2.57. The van der Waals surface area contributed by atoms with Gasteiger partial charge in [0.25, 0.3) is 0 Å². The molecule has 6 heteroatoms. The second kappa shape index (κ2) is 7.66. The van der Waals surface area contributed by atoms with Crippen LogP contribution in [-0.2, 0) is 10.0 Å². The number of fused-ring (bicyclic) bond motifs is 1. The summed E-state index contributed by atoms with van der Waals surface area (Å²) in [4.78, 5) is 2.31. The first-order valence-corrected chi connectivity index (χ1v) is 11.9. The zero-order chi connectivity index (χ0) is 19.0. The molecule has 0 amide bonds. The van der Waals surface area contributed by atoms with E-state index in [4.69, 9.17) is 0 Å². The number of allylic oxidation sites excluding steroid dienone is 2. The average molecular weight is 391 g/mol. The summed E-state index contributed by atoms with van der Waals surface area (Å²) in [5.41, 5.74) is 3.94. The van der Waals surface area contributed by atoms with E-state index >= 15 is 0 Å². The second-order valence-corrected chi connectivity index (χ2v) is 10.1. The molecule has 3 aliphatic rings. The summed E-state index contributed by atoms with van der Waals surface area (Å²) in [6.07, 6.45) is 9.05. The van der Waals surface area contributed by atoms with Gasteiger partial charge in [-0.05, 0) is 55.3 Å². The Morgan fingerprint density at radius 3 is 2.48 bits per heavy atom. The van der Waals surface area contributed by atoms with Crippen molar-refractivity contribution in [1.82, 2.24) is 9.21 Å². The van der Waals surface area contributed by atoms with Crippen molar-refractivity contribution in [3.63, 3.8) is 0 Å². The lowest BCUT2D eigenvalue weighted by atomic mass is 9.74. The summed E-state index contributed by atoms with van der Waals surface area (Å²) >= 11 is 0. The smallest absolute Gasteiger partial charge is 0.211 e. The number of hydrogen-bond donors (Lipinski definition) is 1. The molecule has 0 radical (unpaired) electrons. The highest BCUT2D eigenvalue weighted by Crippen LogP contribution is 2.42. The Hall–Kier alpha value is -1.21. The van der Waals surface area contributed by atoms with Crippen LogP contribution in [0.1, 0.15) is 49.1 Å². The van der Waals surface area contributed by atoms with Gasteiger partial charge in [0.2, 0.25) is 10.0 Å². The molecular weight excluding hydrogens is 360 g/mol. The van der Waals surface area contributed by atoms with Crippen LogP contribution in [0.4, 0.5) is 0 Å². The van der Waals surface area contributed by atoms with E-state index in [1.54, 1.807) is 4.31 Å². The molecule has 2 saturated heterocycles. The largest absolute Gasteiger partial charge is 0.395 e. The SMILES string of the molecule is CS(=O)(=O)N1CCCCN2[C@H](CO)[C@@H](c3ccc(C4=CCCC4)cc3)[C@H]2C1. The van der Waals surface area contributed by atoms with Gasteiger partial charge in [-0.25, -0.2) is 12.7 Å². The van der Waals surface area contributed by atoms with Gasteiger partial charge in [-0.2, -0.15) is 0 Å². The van der Waals surface area contributed by atoms with Crippen LogP contribution >= 0.6 is 0 Å². The van der Waals surface area contributed by atoms with Crippen LogP contribution in [0, 0.1) is 0 Å². The third-order valence-corrected chi connectivity index (χ3v) is 7.78. The molecule has 27 heavy (non-hydrogen) atoms. The predicted octanol–water partition coefficient (Wildman–Crippen LogP) is 2.44. The van der Waals surface area contributed by atoms with Gasteiger partial charge in [0.1, 0.15) is 0 Å². The topological polar surface area (TPSA) is 60.9 Å². The maximum Gasteiger partial charge on any atom is 0.211 e. The highest BCUT2D eigenvalue weighted by molar-refractivity contribution is 7.88. The van der Waals surface area contributed by atoms with Gasteiger partial charge >= 0.3 is 0 Å². The number of sulfonamides is 1. The minimum Gasteiger partial charge on any atom is -0.395 e. The molecule has 1 aromatic carbocycles. The summed E-state index contributed by atoms with van der Waals surface area (Å²) in [6, 6.07) is 8.99. The van der Waals surface area contributed by atoms with Crippen molar-refractivity contribution in [3.05, 3.63) is 41.5 Å². The normalized spacial score (nSPS) is 30.1. The average Bonchev–Trinajstić information content (AvgIpc) is 3.14. The summed E-state index contributed by atoms with van der Waals surface area (Å²) in [5.74, 6) is 0.184. The van der Waals surface area contributed by atoms with Gasteiger partial charge < -0.3 is 5.11 Å². The lowest BCUT2D eigenvalue weighted by Crippen LogP contribution is -2.67. The molecule has 0 bridgehead atoms. The first-order valence-electron chi connectivity index (χ1n) is 10.1. The fraction of sp³-hybridized carbons (Fsp3) is 0.619. The standard InChI is InChI=1S/C21H30N2O3S/c1-27(25,26)22-12-4-5-13-23-19(14-22)21(20(23)15-24)18-10-8-17(9-11-18)16-6-2-3-7-16/h6,8-11,19-21,24H,2-5,7,12-15H2,1H3/t19-,20-,21+/m1/s1. The summed E-state index contributed by atoms with van der Waals surface area (Å²) in [7, 11) is -3.20. The van der Waals surface area contributed by atoms with Crippen molar-refractivity contribution in [2.75, 3.05) is 32.5 Å². The Balaban J connectivity index is 1.58. The number of benzene rings is 1. The van der Waals surface area contributed by atoms with Crippen molar-refractivity contribution in [2.24, 2.45) is 0 Å². The molecule has 148 valence electrons. The van der Waals surface area contributed by atoms with Crippen LogP contribution in [0.3, 0.4) is 0 Å². The molecule has 2 fully saturated rings. The van der Waals surface area contributed by atoms with Gasteiger partial charge in [0.05, 0.1) is 12.9 Å². The van der Waals surface area contributed by atoms with Crippen LogP contribution in [0.5, 0.6) is 0 Å². The quantitative estimate of drug-likeness (QED) is 0.858. The summed E-state index contributed by atoms with van der Waals surface area (Å²) < 4.78 is 26.0. The van der Waals surface area contributed by atoms with E-state index in [1.807, 2.05) is 0 Å². The van der Waals surface area contributed by atoms with Crippen molar-refractivity contribution in [1.29, 1.82) is 0 Å². The Labute approximate surface area is 162 Å². The van der Waals surface area contributed by atoms with Crippen LogP contribution in [0.2, 0.25) is 0 Å². The van der Waals surface area contributed by atoms with Crippen molar-refractivity contribution in [3.8, 4) is 0 Å². The summed E-state index contributed by atoms with van der Waals surface area (Å²) in [6.45, 7) is 2.18. The molecule has 0 aromatic heterocycles. The van der Waals surface area contributed by atoms with E-state index in [2.05, 4.69) is 35.2 Å². The number of aliphatic hydroxyl groups is 1. The van der Waals surface area contributed by atoms with Crippen LogP contribution in [0.15, 0.2) is 30.3 Å². The lowest BCUT2D eigenvalue weighted by molar-refractivity contribution is -0.0553. The Morgan fingerprint density at radius 2 is 1.85 bits per heavy atom. The van der Waals surface area contributed by atoms with E-state index < -0.39 is 10.0 Å². The highest BCUT2D eigenvalue weighted by Gasteiger charge is 2.49. The molecule has 1 N–H and O–H groups in total. The number of rotatable bonds is 4. The minimum atomic E-state index is -3.20. The molecule has 0 spiro atoms. The molecule has 1 aromatic rings. The maximum atomic E-state index is 12.2. The summed E-state index contributed by atoms with van der Waals surface area (Å²) in [5, 5.41) is 9.99. The van der Waals surface area contributed by atoms with Crippen molar-refractivity contribution >= 4 is 15.6 Å². The van der Waals surface area contributed by atoms with Gasteiger partial charge in [-0.1, -0.05) is 30.3 Å². The fourth-order valence-corrected chi connectivity index (χ4v) is 5.95. The van der Waals surface area contributed by atoms with Crippen LogP contribution in [0.25, 0.3) is 5.57 Å². The van der Waals surface area contributed by atoms with Crippen LogP contribution < -0.4 is 0 Å². The molecule has 0 saturated carbocycles. The molecular formula is C21H30N2O3S. The zero-order valence-corrected chi connectivity index (χ0v) is 16.9. The van der Waals surface area contributed by atoms with Gasteiger partial charge in [0.15, 0.2) is 0 Å². The molecule has 4 rings (SSSR count). The zero-order valence-electron chi connectivity index (χ0n) is 16.0. The molecule has 5 nitrogen and oxygen atoms in total.